The van der Waals surface area contributed by atoms with Crippen LogP contribution in [0.25, 0.3) is 0 Å². The van der Waals surface area contributed by atoms with Gasteiger partial charge in [0, 0.05) is 32.2 Å². The zero-order valence-corrected chi connectivity index (χ0v) is 14.2. The molecule has 126 valence electrons. The second kappa shape index (κ2) is 6.62. The van der Waals surface area contributed by atoms with E-state index in [0.29, 0.717) is 36.9 Å². The molecule has 23 heavy (non-hydrogen) atoms. The summed E-state index contributed by atoms with van der Waals surface area (Å²) in [6.45, 7) is 7.22. The molecular formula is C15H20ClN3O4. The molecule has 0 aliphatic carbocycles. The molecule has 7 nitrogen and oxygen atoms in total. The first-order valence-electron chi connectivity index (χ1n) is 7.35. The van der Waals surface area contributed by atoms with Gasteiger partial charge >= 0.3 is 6.09 Å². The fourth-order valence-electron chi connectivity index (χ4n) is 2.40. The Kier molecular flexibility index (Phi) is 4.99. The second-order valence-electron chi connectivity index (χ2n) is 6.32. The predicted octanol–water partition coefficient (Wildman–Crippen LogP) is 3.31. The van der Waals surface area contributed by atoms with Gasteiger partial charge in [0.1, 0.15) is 11.3 Å². The molecule has 0 atom stereocenters. The Morgan fingerprint density at radius 3 is 2.39 bits per heavy atom. The number of para-hydroxylation sites is 1. The first-order valence-corrected chi connectivity index (χ1v) is 7.72. The van der Waals surface area contributed by atoms with Gasteiger partial charge in [-0.05, 0) is 26.8 Å². The Hall–Kier alpha value is -2.02. The number of nitrogens with zero attached hydrogens (tertiary/aromatic N) is 3. The molecular weight excluding hydrogens is 322 g/mol. The SMILES string of the molecule is CC(C)(C)OC(=O)N1CCN(c2c(Cl)cccc2[N+](=O)[O-])CC1. The number of carbonyl (C=O) groups excluding carboxylic acids is 1. The molecule has 8 heteroatoms. The van der Waals surface area contributed by atoms with Crippen molar-refractivity contribution in [3.63, 3.8) is 0 Å². The van der Waals surface area contributed by atoms with Crippen molar-refractivity contribution in [3.8, 4) is 0 Å². The van der Waals surface area contributed by atoms with E-state index >= 15 is 0 Å². The molecule has 0 unspecified atom stereocenters. The Labute approximate surface area is 139 Å². The van der Waals surface area contributed by atoms with Gasteiger partial charge in [0.2, 0.25) is 0 Å². The first kappa shape index (κ1) is 17.3. The third kappa shape index (κ3) is 4.25. The smallest absolute Gasteiger partial charge is 0.410 e. The summed E-state index contributed by atoms with van der Waals surface area (Å²) in [5.41, 5.74) is -0.165. The summed E-state index contributed by atoms with van der Waals surface area (Å²) in [7, 11) is 0. The molecule has 1 aliphatic rings. The quantitative estimate of drug-likeness (QED) is 0.609. The highest BCUT2D eigenvalue weighted by molar-refractivity contribution is 6.33. The average molecular weight is 342 g/mol. The summed E-state index contributed by atoms with van der Waals surface area (Å²) in [4.78, 5) is 26.2. The van der Waals surface area contributed by atoms with Crippen molar-refractivity contribution in [2.24, 2.45) is 0 Å². The Morgan fingerprint density at radius 2 is 1.87 bits per heavy atom. The van der Waals surface area contributed by atoms with Crippen molar-refractivity contribution in [2.45, 2.75) is 26.4 Å². The molecule has 0 aromatic heterocycles. The molecule has 0 N–H and O–H groups in total. The van der Waals surface area contributed by atoms with E-state index < -0.39 is 10.5 Å². The first-order chi connectivity index (χ1) is 10.7. The predicted molar refractivity (Wildman–Crippen MR) is 88.1 cm³/mol. The third-order valence-corrected chi connectivity index (χ3v) is 3.71. The molecule has 1 heterocycles. The largest absolute Gasteiger partial charge is 0.444 e. The normalized spacial score (nSPS) is 15.5. The van der Waals surface area contributed by atoms with Crippen LogP contribution in [0.15, 0.2) is 18.2 Å². The Balaban J connectivity index is 2.08. The number of ether oxygens (including phenoxy) is 1. The van der Waals surface area contributed by atoms with Crippen LogP contribution in [-0.2, 0) is 4.74 Å². The van der Waals surface area contributed by atoms with Gasteiger partial charge in [0.05, 0.1) is 9.95 Å². The molecule has 1 fully saturated rings. The molecule has 1 aliphatic heterocycles. The summed E-state index contributed by atoms with van der Waals surface area (Å²) in [5, 5.41) is 11.5. The molecule has 0 radical (unpaired) electrons. The number of hydrogen-bond acceptors (Lipinski definition) is 5. The number of benzene rings is 1. The minimum Gasteiger partial charge on any atom is -0.444 e. The van der Waals surface area contributed by atoms with Crippen LogP contribution >= 0.6 is 11.6 Å². The van der Waals surface area contributed by atoms with Gasteiger partial charge in [0.25, 0.3) is 5.69 Å². The van der Waals surface area contributed by atoms with Crippen LogP contribution in [-0.4, -0.2) is 47.7 Å². The minimum absolute atomic E-state index is 0.0248. The number of piperazine rings is 1. The van der Waals surface area contributed by atoms with Gasteiger partial charge in [-0.15, -0.1) is 0 Å². The number of nitro groups is 1. The number of halogens is 1. The fourth-order valence-corrected chi connectivity index (χ4v) is 2.69. The lowest BCUT2D eigenvalue weighted by Gasteiger charge is -2.36. The number of amides is 1. The maximum absolute atomic E-state index is 12.0. The number of hydrogen-bond donors (Lipinski definition) is 0. The summed E-state index contributed by atoms with van der Waals surface area (Å²) >= 11 is 6.14. The van der Waals surface area contributed by atoms with Crippen LogP contribution in [0, 0.1) is 10.1 Å². The van der Waals surface area contributed by atoms with Crippen LogP contribution in [0.3, 0.4) is 0 Å². The molecule has 0 spiro atoms. The van der Waals surface area contributed by atoms with Gasteiger partial charge in [-0.1, -0.05) is 17.7 Å². The van der Waals surface area contributed by atoms with Gasteiger partial charge in [-0.25, -0.2) is 4.79 Å². The van der Waals surface area contributed by atoms with E-state index in [1.807, 2.05) is 25.7 Å². The summed E-state index contributed by atoms with van der Waals surface area (Å²) in [6.07, 6.45) is -0.370. The van der Waals surface area contributed by atoms with Crippen LogP contribution in [0.4, 0.5) is 16.2 Å². The molecule has 1 aromatic rings. The summed E-state index contributed by atoms with van der Waals surface area (Å²) in [5.74, 6) is 0. The van der Waals surface area contributed by atoms with E-state index in [4.69, 9.17) is 16.3 Å². The van der Waals surface area contributed by atoms with Crippen LogP contribution in [0.5, 0.6) is 0 Å². The van der Waals surface area contributed by atoms with Gasteiger partial charge in [0.15, 0.2) is 0 Å². The van der Waals surface area contributed by atoms with E-state index in [9.17, 15) is 14.9 Å². The van der Waals surface area contributed by atoms with Crippen molar-refractivity contribution in [1.82, 2.24) is 4.90 Å². The molecule has 1 saturated heterocycles. The zero-order valence-electron chi connectivity index (χ0n) is 13.4. The number of anilines is 1. The molecule has 2 rings (SSSR count). The van der Waals surface area contributed by atoms with E-state index in [1.165, 1.54) is 6.07 Å². The second-order valence-corrected chi connectivity index (χ2v) is 6.73. The highest BCUT2D eigenvalue weighted by Gasteiger charge is 2.29. The van der Waals surface area contributed by atoms with Crippen LogP contribution < -0.4 is 4.90 Å². The van der Waals surface area contributed by atoms with Crippen LogP contribution in [0.2, 0.25) is 5.02 Å². The van der Waals surface area contributed by atoms with Crippen molar-refractivity contribution in [1.29, 1.82) is 0 Å². The minimum atomic E-state index is -0.546. The van der Waals surface area contributed by atoms with Gasteiger partial charge in [-0.2, -0.15) is 0 Å². The fraction of sp³-hybridized carbons (Fsp3) is 0.533. The average Bonchev–Trinajstić information content (AvgIpc) is 2.45. The zero-order chi connectivity index (χ0) is 17.2. The lowest BCUT2D eigenvalue weighted by Crippen LogP contribution is -2.50. The van der Waals surface area contributed by atoms with E-state index in [-0.39, 0.29) is 11.8 Å². The van der Waals surface area contributed by atoms with E-state index in [2.05, 4.69) is 0 Å². The standard InChI is InChI=1S/C15H20ClN3O4/c1-15(2,3)23-14(20)18-9-7-17(8-10-18)13-11(16)5-4-6-12(13)19(21)22/h4-6H,7-10H2,1-3H3. The summed E-state index contributed by atoms with van der Waals surface area (Å²) < 4.78 is 5.34. The van der Waals surface area contributed by atoms with Crippen molar-refractivity contribution >= 4 is 29.1 Å². The van der Waals surface area contributed by atoms with Gasteiger partial charge < -0.3 is 14.5 Å². The lowest BCUT2D eigenvalue weighted by atomic mass is 10.2. The van der Waals surface area contributed by atoms with E-state index in [1.54, 1.807) is 17.0 Å². The van der Waals surface area contributed by atoms with E-state index in [0.717, 1.165) is 0 Å². The lowest BCUT2D eigenvalue weighted by molar-refractivity contribution is -0.384. The third-order valence-electron chi connectivity index (χ3n) is 3.41. The summed E-state index contributed by atoms with van der Waals surface area (Å²) in [6, 6.07) is 4.62. The topological polar surface area (TPSA) is 75.9 Å². The Bertz CT molecular complexity index is 607. The molecule has 0 saturated carbocycles. The number of carbonyl (C=O) groups is 1. The number of nitro benzene ring substituents is 1. The van der Waals surface area contributed by atoms with Crippen LogP contribution in [0.1, 0.15) is 20.8 Å². The van der Waals surface area contributed by atoms with Gasteiger partial charge in [-0.3, -0.25) is 10.1 Å². The van der Waals surface area contributed by atoms with Crippen molar-refractivity contribution < 1.29 is 14.5 Å². The van der Waals surface area contributed by atoms with Crippen molar-refractivity contribution in [2.75, 3.05) is 31.1 Å². The highest BCUT2D eigenvalue weighted by atomic mass is 35.5. The number of rotatable bonds is 2. The monoisotopic (exact) mass is 341 g/mol. The molecule has 0 bridgehead atoms. The molecule has 1 amide bonds. The maximum atomic E-state index is 12.0. The van der Waals surface area contributed by atoms with Crippen molar-refractivity contribution in [3.05, 3.63) is 33.3 Å². The maximum Gasteiger partial charge on any atom is 0.410 e. The molecule has 1 aromatic carbocycles. The Morgan fingerprint density at radius 1 is 1.26 bits per heavy atom. The highest BCUT2D eigenvalue weighted by Crippen LogP contribution is 2.35.